The standard InChI is InChI=1S/C19H26N4/c1-21(17-18-7-9-20-10-8-18)11-12-22-13-15-23(16-14-22)19-5-3-2-4-6-19/h2-10H,11-17H2,1H3. The van der Waals surface area contributed by atoms with E-state index in [2.05, 4.69) is 69.2 Å². The van der Waals surface area contributed by atoms with Gasteiger partial charge in [-0.3, -0.25) is 9.88 Å². The lowest BCUT2D eigenvalue weighted by molar-refractivity contribution is 0.212. The third kappa shape index (κ3) is 4.78. The van der Waals surface area contributed by atoms with E-state index in [-0.39, 0.29) is 0 Å². The fourth-order valence-electron chi connectivity index (χ4n) is 3.06. The number of hydrogen-bond acceptors (Lipinski definition) is 4. The van der Waals surface area contributed by atoms with Crippen LogP contribution in [0.25, 0.3) is 0 Å². The Morgan fingerprint density at radius 1 is 0.957 bits per heavy atom. The van der Waals surface area contributed by atoms with E-state index in [0.29, 0.717) is 0 Å². The van der Waals surface area contributed by atoms with E-state index in [1.807, 2.05) is 12.4 Å². The van der Waals surface area contributed by atoms with Crippen LogP contribution in [0.15, 0.2) is 54.9 Å². The van der Waals surface area contributed by atoms with Gasteiger partial charge in [-0.2, -0.15) is 0 Å². The molecule has 1 fully saturated rings. The maximum Gasteiger partial charge on any atom is 0.0367 e. The molecule has 2 aromatic rings. The maximum atomic E-state index is 4.07. The Morgan fingerprint density at radius 2 is 1.65 bits per heavy atom. The van der Waals surface area contributed by atoms with Gasteiger partial charge in [-0.15, -0.1) is 0 Å². The molecule has 1 aromatic heterocycles. The smallest absolute Gasteiger partial charge is 0.0367 e. The molecule has 0 bridgehead atoms. The van der Waals surface area contributed by atoms with Gasteiger partial charge in [-0.05, 0) is 36.9 Å². The van der Waals surface area contributed by atoms with Crippen LogP contribution in [-0.4, -0.2) is 61.1 Å². The van der Waals surface area contributed by atoms with E-state index in [9.17, 15) is 0 Å². The van der Waals surface area contributed by atoms with Crippen LogP contribution in [-0.2, 0) is 6.54 Å². The van der Waals surface area contributed by atoms with E-state index in [1.165, 1.54) is 11.3 Å². The fourth-order valence-corrected chi connectivity index (χ4v) is 3.06. The van der Waals surface area contributed by atoms with Crippen molar-refractivity contribution in [3.05, 3.63) is 60.4 Å². The van der Waals surface area contributed by atoms with Crippen LogP contribution in [0.5, 0.6) is 0 Å². The van der Waals surface area contributed by atoms with E-state index in [1.54, 1.807) is 0 Å². The Hall–Kier alpha value is -1.91. The molecule has 4 heteroatoms. The summed E-state index contributed by atoms with van der Waals surface area (Å²) in [5.41, 5.74) is 2.68. The number of hydrogen-bond donors (Lipinski definition) is 0. The average molecular weight is 310 g/mol. The highest BCUT2D eigenvalue weighted by Gasteiger charge is 2.17. The second-order valence-corrected chi connectivity index (χ2v) is 6.26. The van der Waals surface area contributed by atoms with Crippen LogP contribution < -0.4 is 4.90 Å². The molecule has 0 atom stereocenters. The summed E-state index contributed by atoms with van der Waals surface area (Å²) in [6.45, 7) is 7.79. The molecule has 0 N–H and O–H groups in total. The molecule has 23 heavy (non-hydrogen) atoms. The summed E-state index contributed by atoms with van der Waals surface area (Å²) in [5, 5.41) is 0. The van der Waals surface area contributed by atoms with E-state index in [0.717, 1.165) is 45.8 Å². The number of pyridine rings is 1. The molecule has 0 spiro atoms. The summed E-state index contributed by atoms with van der Waals surface area (Å²) >= 11 is 0. The van der Waals surface area contributed by atoms with Crippen molar-refractivity contribution in [1.29, 1.82) is 0 Å². The van der Waals surface area contributed by atoms with Crippen LogP contribution in [0.4, 0.5) is 5.69 Å². The first-order valence-electron chi connectivity index (χ1n) is 8.41. The molecule has 122 valence electrons. The Balaban J connectivity index is 1.39. The summed E-state index contributed by atoms with van der Waals surface area (Å²) in [6.07, 6.45) is 3.73. The number of aromatic nitrogens is 1. The number of anilines is 1. The topological polar surface area (TPSA) is 22.6 Å². The van der Waals surface area contributed by atoms with Crippen LogP contribution >= 0.6 is 0 Å². The molecule has 1 saturated heterocycles. The minimum Gasteiger partial charge on any atom is -0.369 e. The highest BCUT2D eigenvalue weighted by Crippen LogP contribution is 2.15. The molecule has 4 nitrogen and oxygen atoms in total. The maximum absolute atomic E-state index is 4.07. The van der Waals surface area contributed by atoms with Gasteiger partial charge in [0.1, 0.15) is 0 Å². The van der Waals surface area contributed by atoms with E-state index >= 15 is 0 Å². The van der Waals surface area contributed by atoms with Crippen LogP contribution in [0.2, 0.25) is 0 Å². The number of nitrogens with zero attached hydrogens (tertiary/aromatic N) is 4. The van der Waals surface area contributed by atoms with Crippen molar-refractivity contribution < 1.29 is 0 Å². The predicted molar refractivity (Wildman–Crippen MR) is 95.7 cm³/mol. The first kappa shape index (κ1) is 16.0. The molecule has 1 aliphatic rings. The van der Waals surface area contributed by atoms with Crippen molar-refractivity contribution in [3.8, 4) is 0 Å². The van der Waals surface area contributed by atoms with Crippen LogP contribution in [0, 0.1) is 0 Å². The second-order valence-electron chi connectivity index (χ2n) is 6.26. The van der Waals surface area contributed by atoms with E-state index < -0.39 is 0 Å². The lowest BCUT2D eigenvalue weighted by Gasteiger charge is -2.36. The van der Waals surface area contributed by atoms with Crippen molar-refractivity contribution >= 4 is 5.69 Å². The molecular formula is C19H26N4. The van der Waals surface area contributed by atoms with Crippen molar-refractivity contribution in [3.63, 3.8) is 0 Å². The minimum atomic E-state index is 0.993. The van der Waals surface area contributed by atoms with Crippen molar-refractivity contribution in [2.45, 2.75) is 6.54 Å². The predicted octanol–water partition coefficient (Wildman–Crippen LogP) is 2.34. The Kier molecular flexibility index (Phi) is 5.61. The van der Waals surface area contributed by atoms with Crippen molar-refractivity contribution in [2.24, 2.45) is 0 Å². The quantitative estimate of drug-likeness (QED) is 0.817. The highest BCUT2D eigenvalue weighted by molar-refractivity contribution is 5.46. The van der Waals surface area contributed by atoms with Gasteiger partial charge < -0.3 is 9.80 Å². The second kappa shape index (κ2) is 8.09. The fraction of sp³-hybridized carbons (Fsp3) is 0.421. The average Bonchev–Trinajstić information content (AvgIpc) is 2.62. The Bertz CT molecular complexity index is 564. The number of para-hydroxylation sites is 1. The lowest BCUT2D eigenvalue weighted by atomic mass is 10.2. The highest BCUT2D eigenvalue weighted by atomic mass is 15.3. The molecule has 1 aliphatic heterocycles. The summed E-state index contributed by atoms with van der Waals surface area (Å²) in [7, 11) is 2.20. The lowest BCUT2D eigenvalue weighted by Crippen LogP contribution is -2.48. The van der Waals surface area contributed by atoms with E-state index in [4.69, 9.17) is 0 Å². The van der Waals surface area contributed by atoms with Gasteiger partial charge in [0.25, 0.3) is 0 Å². The molecule has 3 rings (SSSR count). The molecule has 0 amide bonds. The monoisotopic (exact) mass is 310 g/mol. The van der Waals surface area contributed by atoms with Gasteiger partial charge in [0.15, 0.2) is 0 Å². The van der Waals surface area contributed by atoms with Gasteiger partial charge in [0, 0.05) is 63.9 Å². The van der Waals surface area contributed by atoms with Crippen molar-refractivity contribution in [1.82, 2.24) is 14.8 Å². The first-order chi connectivity index (χ1) is 11.3. The zero-order valence-electron chi connectivity index (χ0n) is 13.9. The SMILES string of the molecule is CN(CCN1CCN(c2ccccc2)CC1)Cc1ccncc1. The summed E-state index contributed by atoms with van der Waals surface area (Å²) < 4.78 is 0. The first-order valence-corrected chi connectivity index (χ1v) is 8.41. The Morgan fingerprint density at radius 3 is 2.35 bits per heavy atom. The zero-order valence-corrected chi connectivity index (χ0v) is 13.9. The number of piperazine rings is 1. The van der Waals surface area contributed by atoms with Gasteiger partial charge in [0.2, 0.25) is 0 Å². The van der Waals surface area contributed by atoms with Gasteiger partial charge in [0.05, 0.1) is 0 Å². The largest absolute Gasteiger partial charge is 0.369 e. The number of rotatable bonds is 6. The summed E-state index contributed by atoms with van der Waals surface area (Å²) in [5.74, 6) is 0. The van der Waals surface area contributed by atoms with Crippen LogP contribution in [0.1, 0.15) is 5.56 Å². The minimum absolute atomic E-state index is 0.993. The summed E-state index contributed by atoms with van der Waals surface area (Å²) in [6, 6.07) is 14.9. The molecule has 0 unspecified atom stereocenters. The third-order valence-corrected chi connectivity index (χ3v) is 4.49. The number of benzene rings is 1. The van der Waals surface area contributed by atoms with Gasteiger partial charge in [-0.1, -0.05) is 18.2 Å². The molecule has 0 aliphatic carbocycles. The molecular weight excluding hydrogens is 284 g/mol. The molecule has 1 aromatic carbocycles. The van der Waals surface area contributed by atoms with Crippen molar-refractivity contribution in [2.75, 3.05) is 51.2 Å². The summed E-state index contributed by atoms with van der Waals surface area (Å²) in [4.78, 5) is 11.5. The van der Waals surface area contributed by atoms with Gasteiger partial charge >= 0.3 is 0 Å². The normalized spacial score (nSPS) is 16.0. The third-order valence-electron chi connectivity index (χ3n) is 4.49. The molecule has 2 heterocycles. The Labute approximate surface area is 139 Å². The molecule has 0 saturated carbocycles. The number of likely N-dealkylation sites (N-methyl/N-ethyl adjacent to an activating group) is 1. The van der Waals surface area contributed by atoms with Gasteiger partial charge in [-0.25, -0.2) is 0 Å². The molecule has 0 radical (unpaired) electrons. The zero-order chi connectivity index (χ0) is 15.9. The van der Waals surface area contributed by atoms with Crippen LogP contribution in [0.3, 0.4) is 0 Å².